The normalized spacial score (nSPS) is 10.9. The van der Waals surface area contributed by atoms with E-state index in [1.54, 1.807) is 0 Å². The van der Waals surface area contributed by atoms with Gasteiger partial charge in [-0.05, 0) is 24.0 Å². The molecule has 0 saturated heterocycles. The maximum atomic E-state index is 10.2. The molecule has 0 saturated carbocycles. The van der Waals surface area contributed by atoms with E-state index in [4.69, 9.17) is 0 Å². The van der Waals surface area contributed by atoms with Crippen LogP contribution in [0.15, 0.2) is 30.3 Å². The largest absolute Gasteiger partial charge is 0.303 e. The van der Waals surface area contributed by atoms with Crippen molar-refractivity contribution in [2.24, 2.45) is 0 Å². The minimum atomic E-state index is 0.499. The summed E-state index contributed by atoms with van der Waals surface area (Å²) in [7, 11) is 0. The van der Waals surface area contributed by atoms with Gasteiger partial charge >= 0.3 is 0 Å². The van der Waals surface area contributed by atoms with Crippen LogP contribution in [0.5, 0.6) is 0 Å². The van der Waals surface area contributed by atoms with Crippen LogP contribution in [-0.2, 0) is 11.2 Å². The summed E-state index contributed by atoms with van der Waals surface area (Å²) in [5, 5.41) is 0. The number of aryl methyl sites for hydroxylation is 1. The van der Waals surface area contributed by atoms with Crippen molar-refractivity contribution in [3.63, 3.8) is 0 Å². The second-order valence-corrected chi connectivity index (χ2v) is 4.36. The molecule has 1 rings (SSSR count). The van der Waals surface area contributed by atoms with Crippen molar-refractivity contribution in [3.8, 4) is 0 Å². The third kappa shape index (κ3) is 6.06. The SMILES string of the molecule is CCCCCCc1ccc(C=CCC=O)cc1. The first kappa shape index (κ1) is 13.7. The van der Waals surface area contributed by atoms with Crippen molar-refractivity contribution < 1.29 is 4.79 Å². The molecule has 0 aliphatic carbocycles. The number of carbonyl (C=O) groups excluding carboxylic acids is 1. The zero-order valence-corrected chi connectivity index (χ0v) is 10.7. The van der Waals surface area contributed by atoms with Gasteiger partial charge in [0.05, 0.1) is 0 Å². The first-order valence-electron chi connectivity index (χ1n) is 6.56. The zero-order chi connectivity index (χ0) is 12.3. The number of hydrogen-bond acceptors (Lipinski definition) is 1. The van der Waals surface area contributed by atoms with Gasteiger partial charge in [0, 0.05) is 6.42 Å². The van der Waals surface area contributed by atoms with Gasteiger partial charge < -0.3 is 4.79 Å². The molecular formula is C16H22O. The molecule has 0 amide bonds. The van der Waals surface area contributed by atoms with Gasteiger partial charge in [-0.25, -0.2) is 0 Å². The standard InChI is InChI=1S/C16H22O/c1-2-3-4-5-8-15-10-12-16(13-11-15)9-6-7-14-17/h6,9-14H,2-5,7-8H2,1H3. The molecule has 0 heterocycles. The molecular weight excluding hydrogens is 208 g/mol. The molecule has 0 N–H and O–H groups in total. The van der Waals surface area contributed by atoms with Gasteiger partial charge in [-0.1, -0.05) is 62.6 Å². The molecule has 17 heavy (non-hydrogen) atoms. The van der Waals surface area contributed by atoms with Crippen LogP contribution in [0.2, 0.25) is 0 Å². The van der Waals surface area contributed by atoms with Gasteiger partial charge in [0.25, 0.3) is 0 Å². The van der Waals surface area contributed by atoms with Crippen molar-refractivity contribution in [3.05, 3.63) is 41.5 Å². The molecule has 0 spiro atoms. The lowest BCUT2D eigenvalue weighted by molar-refractivity contribution is -0.107. The molecule has 92 valence electrons. The second-order valence-electron chi connectivity index (χ2n) is 4.36. The quantitative estimate of drug-likeness (QED) is 0.477. The first-order chi connectivity index (χ1) is 8.36. The number of hydrogen-bond donors (Lipinski definition) is 0. The Balaban J connectivity index is 2.36. The maximum Gasteiger partial charge on any atom is 0.123 e. The van der Waals surface area contributed by atoms with E-state index in [1.807, 2.05) is 12.2 Å². The van der Waals surface area contributed by atoms with E-state index in [2.05, 4.69) is 31.2 Å². The summed E-state index contributed by atoms with van der Waals surface area (Å²) in [5.41, 5.74) is 2.58. The topological polar surface area (TPSA) is 17.1 Å². The molecule has 0 aliphatic heterocycles. The van der Waals surface area contributed by atoms with Crippen molar-refractivity contribution in [1.82, 2.24) is 0 Å². The summed E-state index contributed by atoms with van der Waals surface area (Å²) in [5.74, 6) is 0. The van der Waals surface area contributed by atoms with E-state index in [0.717, 1.165) is 6.29 Å². The summed E-state index contributed by atoms with van der Waals surface area (Å²) < 4.78 is 0. The highest BCUT2D eigenvalue weighted by Crippen LogP contribution is 2.10. The number of unbranched alkanes of at least 4 members (excludes halogenated alkanes) is 3. The minimum Gasteiger partial charge on any atom is -0.303 e. The van der Waals surface area contributed by atoms with Gasteiger partial charge in [0.15, 0.2) is 0 Å². The molecule has 0 fully saturated rings. The van der Waals surface area contributed by atoms with E-state index in [9.17, 15) is 4.79 Å². The van der Waals surface area contributed by atoms with Crippen LogP contribution in [0, 0.1) is 0 Å². The highest BCUT2D eigenvalue weighted by molar-refractivity contribution is 5.57. The van der Waals surface area contributed by atoms with Gasteiger partial charge in [-0.2, -0.15) is 0 Å². The molecule has 0 bridgehead atoms. The zero-order valence-electron chi connectivity index (χ0n) is 10.7. The van der Waals surface area contributed by atoms with Crippen molar-refractivity contribution in [2.75, 3.05) is 0 Å². The molecule has 0 unspecified atom stereocenters. The highest BCUT2D eigenvalue weighted by atomic mass is 16.1. The Kier molecular flexibility index (Phi) is 7.04. The Morgan fingerprint density at radius 1 is 1.06 bits per heavy atom. The van der Waals surface area contributed by atoms with Crippen molar-refractivity contribution in [1.29, 1.82) is 0 Å². The lowest BCUT2D eigenvalue weighted by Crippen LogP contribution is -1.85. The fourth-order valence-corrected chi connectivity index (χ4v) is 1.81. The Morgan fingerprint density at radius 3 is 2.47 bits per heavy atom. The van der Waals surface area contributed by atoms with Crippen LogP contribution in [0.1, 0.15) is 50.2 Å². The molecule has 0 aromatic heterocycles. The highest BCUT2D eigenvalue weighted by Gasteiger charge is 1.93. The molecule has 0 atom stereocenters. The smallest absolute Gasteiger partial charge is 0.123 e. The van der Waals surface area contributed by atoms with Crippen LogP contribution in [0.3, 0.4) is 0 Å². The summed E-state index contributed by atoms with van der Waals surface area (Å²) in [6.45, 7) is 2.24. The average molecular weight is 230 g/mol. The van der Waals surface area contributed by atoms with E-state index in [1.165, 1.54) is 43.2 Å². The molecule has 0 aliphatic rings. The van der Waals surface area contributed by atoms with Crippen LogP contribution in [-0.4, -0.2) is 6.29 Å². The molecule has 1 nitrogen and oxygen atoms in total. The number of benzene rings is 1. The van der Waals surface area contributed by atoms with Gasteiger partial charge in [0.1, 0.15) is 6.29 Å². The average Bonchev–Trinajstić information content (AvgIpc) is 2.37. The van der Waals surface area contributed by atoms with Crippen molar-refractivity contribution in [2.45, 2.75) is 45.4 Å². The third-order valence-electron chi connectivity index (χ3n) is 2.84. The number of allylic oxidation sites excluding steroid dienone is 1. The van der Waals surface area contributed by atoms with E-state index in [-0.39, 0.29) is 0 Å². The summed E-state index contributed by atoms with van der Waals surface area (Å²) in [4.78, 5) is 10.2. The van der Waals surface area contributed by atoms with Crippen LogP contribution < -0.4 is 0 Å². The fraction of sp³-hybridized carbons (Fsp3) is 0.438. The molecule has 0 radical (unpaired) electrons. The van der Waals surface area contributed by atoms with Gasteiger partial charge in [-0.3, -0.25) is 0 Å². The van der Waals surface area contributed by atoms with E-state index >= 15 is 0 Å². The summed E-state index contributed by atoms with van der Waals surface area (Å²) in [6, 6.07) is 8.62. The fourth-order valence-electron chi connectivity index (χ4n) is 1.81. The minimum absolute atomic E-state index is 0.499. The maximum absolute atomic E-state index is 10.2. The lowest BCUT2D eigenvalue weighted by Gasteiger charge is -2.01. The molecule has 1 aromatic rings. The van der Waals surface area contributed by atoms with Crippen molar-refractivity contribution >= 4 is 12.4 Å². The Bertz CT molecular complexity index is 335. The predicted molar refractivity (Wildman–Crippen MR) is 74.0 cm³/mol. The van der Waals surface area contributed by atoms with Crippen LogP contribution >= 0.6 is 0 Å². The molecule has 1 heteroatoms. The van der Waals surface area contributed by atoms with Gasteiger partial charge in [0.2, 0.25) is 0 Å². The van der Waals surface area contributed by atoms with E-state index in [0.29, 0.717) is 6.42 Å². The number of rotatable bonds is 8. The second kappa shape index (κ2) is 8.74. The Labute approximate surface area is 105 Å². The van der Waals surface area contributed by atoms with E-state index < -0.39 is 0 Å². The van der Waals surface area contributed by atoms with Gasteiger partial charge in [-0.15, -0.1) is 0 Å². The predicted octanol–water partition coefficient (Wildman–Crippen LogP) is 4.41. The third-order valence-corrected chi connectivity index (χ3v) is 2.84. The lowest BCUT2D eigenvalue weighted by atomic mass is 10.0. The summed E-state index contributed by atoms with van der Waals surface area (Å²) >= 11 is 0. The first-order valence-corrected chi connectivity index (χ1v) is 6.56. The monoisotopic (exact) mass is 230 g/mol. The Morgan fingerprint density at radius 2 is 1.82 bits per heavy atom. The Hall–Kier alpha value is -1.37. The number of aldehydes is 1. The molecule has 1 aromatic carbocycles. The number of carbonyl (C=O) groups is 1. The van der Waals surface area contributed by atoms with Crippen LogP contribution in [0.4, 0.5) is 0 Å². The summed E-state index contributed by atoms with van der Waals surface area (Å²) in [6.07, 6.45) is 11.7. The van der Waals surface area contributed by atoms with Crippen LogP contribution in [0.25, 0.3) is 6.08 Å².